The van der Waals surface area contributed by atoms with Gasteiger partial charge in [0.05, 0.1) is 11.4 Å². The molecule has 11 rings (SSSR count). The average molecular weight is 701 g/mol. The van der Waals surface area contributed by atoms with E-state index in [0.717, 1.165) is 28.1 Å². The number of benzene rings is 9. The number of hydrogen-bond donors (Lipinski definition) is 0. The zero-order valence-corrected chi connectivity index (χ0v) is 30.7. The summed E-state index contributed by atoms with van der Waals surface area (Å²) >= 11 is 0. The number of nitrogens with zero attached hydrogens (tertiary/aromatic N) is 2. The maximum atomic E-state index is 5.32. The summed E-state index contributed by atoms with van der Waals surface area (Å²) in [6, 6.07) is 65.9. The van der Waals surface area contributed by atoms with Crippen molar-refractivity contribution in [1.82, 2.24) is 9.97 Å². The van der Waals surface area contributed by atoms with Crippen LogP contribution < -0.4 is 0 Å². The Bertz CT molecular complexity index is 3170. The standard InChI is InChI=1S/C53H36N2/c1-53(2)46-26-14-25-44(51(46)50-37-20-9-6-15-33(37)27-30-47(50)53)42-28-29-43(40-23-12-11-22-39(40)42)48-32-49(55-52(54-48)34-16-4-3-5-17-34)45-31-35-18-7-8-19-36(35)38-21-10-13-24-41(38)45/h3-32H,1-2H3. The van der Waals surface area contributed by atoms with Gasteiger partial charge in [-0.25, -0.2) is 9.97 Å². The molecule has 0 bridgehead atoms. The van der Waals surface area contributed by atoms with Gasteiger partial charge in [0, 0.05) is 22.1 Å². The highest BCUT2D eigenvalue weighted by atomic mass is 14.9. The molecule has 10 aromatic rings. The largest absolute Gasteiger partial charge is 0.228 e. The van der Waals surface area contributed by atoms with Crippen LogP contribution in [0.1, 0.15) is 25.0 Å². The highest BCUT2D eigenvalue weighted by Gasteiger charge is 2.38. The monoisotopic (exact) mass is 700 g/mol. The van der Waals surface area contributed by atoms with Gasteiger partial charge in [0.2, 0.25) is 0 Å². The Kier molecular flexibility index (Phi) is 6.93. The SMILES string of the molecule is CC1(C)c2cccc(-c3ccc(-c4cc(-c5cc6ccccc6c6ccccc56)nc(-c5ccccc5)n4)c4ccccc34)c2-c2c1ccc1ccccc21. The van der Waals surface area contributed by atoms with Crippen molar-refractivity contribution in [1.29, 1.82) is 0 Å². The number of rotatable bonds is 4. The van der Waals surface area contributed by atoms with Crippen molar-refractivity contribution in [3.05, 3.63) is 193 Å². The zero-order valence-electron chi connectivity index (χ0n) is 30.7. The van der Waals surface area contributed by atoms with Gasteiger partial charge in [-0.05, 0) is 88.6 Å². The molecule has 258 valence electrons. The third-order valence-electron chi connectivity index (χ3n) is 11.9. The zero-order chi connectivity index (χ0) is 36.7. The third-order valence-corrected chi connectivity index (χ3v) is 11.9. The van der Waals surface area contributed by atoms with Crippen LogP contribution in [0.3, 0.4) is 0 Å². The molecule has 0 fully saturated rings. The van der Waals surface area contributed by atoms with Crippen LogP contribution in [0.25, 0.3) is 99.2 Å². The Labute approximate surface area is 320 Å². The predicted octanol–water partition coefficient (Wildman–Crippen LogP) is 14.1. The van der Waals surface area contributed by atoms with Gasteiger partial charge >= 0.3 is 0 Å². The van der Waals surface area contributed by atoms with E-state index in [1.807, 2.05) is 6.07 Å². The van der Waals surface area contributed by atoms with Gasteiger partial charge in [0.1, 0.15) is 0 Å². The lowest BCUT2D eigenvalue weighted by molar-refractivity contribution is 0.661. The van der Waals surface area contributed by atoms with Crippen molar-refractivity contribution in [2.24, 2.45) is 0 Å². The van der Waals surface area contributed by atoms with E-state index in [2.05, 4.69) is 190 Å². The minimum atomic E-state index is -0.113. The van der Waals surface area contributed by atoms with Crippen molar-refractivity contribution < 1.29 is 0 Å². The molecular formula is C53H36N2. The first-order valence-electron chi connectivity index (χ1n) is 19.1. The van der Waals surface area contributed by atoms with E-state index < -0.39 is 0 Å². The molecule has 1 aliphatic rings. The summed E-state index contributed by atoms with van der Waals surface area (Å²) in [5.74, 6) is 0.713. The second-order valence-electron chi connectivity index (χ2n) is 15.3. The van der Waals surface area contributed by atoms with Crippen molar-refractivity contribution in [2.45, 2.75) is 19.3 Å². The second kappa shape index (κ2) is 12.1. The van der Waals surface area contributed by atoms with Gasteiger partial charge in [-0.1, -0.05) is 184 Å². The van der Waals surface area contributed by atoms with Gasteiger partial charge in [-0.15, -0.1) is 0 Å². The van der Waals surface area contributed by atoms with E-state index in [-0.39, 0.29) is 5.41 Å². The highest BCUT2D eigenvalue weighted by molar-refractivity contribution is 6.14. The molecule has 1 aliphatic carbocycles. The number of aromatic nitrogens is 2. The Balaban J connectivity index is 1.16. The highest BCUT2D eigenvalue weighted by Crippen LogP contribution is 2.55. The summed E-state index contributed by atoms with van der Waals surface area (Å²) in [6.45, 7) is 4.74. The van der Waals surface area contributed by atoms with Crippen LogP contribution in [0.2, 0.25) is 0 Å². The van der Waals surface area contributed by atoms with Crippen LogP contribution in [0.15, 0.2) is 182 Å². The molecule has 0 unspecified atom stereocenters. The maximum absolute atomic E-state index is 5.32. The topological polar surface area (TPSA) is 25.8 Å². The van der Waals surface area contributed by atoms with Gasteiger partial charge in [-0.2, -0.15) is 0 Å². The van der Waals surface area contributed by atoms with Crippen LogP contribution in [0.5, 0.6) is 0 Å². The molecule has 2 nitrogen and oxygen atoms in total. The molecule has 0 aliphatic heterocycles. The third kappa shape index (κ3) is 4.81. The lowest BCUT2D eigenvalue weighted by Gasteiger charge is -2.22. The molecule has 0 saturated carbocycles. The lowest BCUT2D eigenvalue weighted by Crippen LogP contribution is -2.14. The molecule has 0 amide bonds. The summed E-state index contributed by atoms with van der Waals surface area (Å²) < 4.78 is 0. The predicted molar refractivity (Wildman–Crippen MR) is 231 cm³/mol. The van der Waals surface area contributed by atoms with E-state index in [1.165, 1.54) is 76.5 Å². The van der Waals surface area contributed by atoms with Gasteiger partial charge < -0.3 is 0 Å². The Morgan fingerprint density at radius 3 is 1.67 bits per heavy atom. The van der Waals surface area contributed by atoms with E-state index in [0.29, 0.717) is 5.82 Å². The van der Waals surface area contributed by atoms with Crippen molar-refractivity contribution >= 4 is 43.1 Å². The molecule has 0 atom stereocenters. The Morgan fingerprint density at radius 2 is 0.909 bits per heavy atom. The molecular weight excluding hydrogens is 665 g/mol. The van der Waals surface area contributed by atoms with Gasteiger partial charge in [0.25, 0.3) is 0 Å². The Morgan fingerprint density at radius 1 is 0.345 bits per heavy atom. The first-order valence-corrected chi connectivity index (χ1v) is 19.1. The molecule has 9 aromatic carbocycles. The fourth-order valence-corrected chi connectivity index (χ4v) is 9.24. The van der Waals surface area contributed by atoms with Crippen molar-refractivity contribution in [3.8, 4) is 56.2 Å². The molecule has 1 heterocycles. The number of fused-ring (bicyclic) bond motifs is 9. The van der Waals surface area contributed by atoms with E-state index in [4.69, 9.17) is 9.97 Å². The molecule has 0 N–H and O–H groups in total. The first-order chi connectivity index (χ1) is 27.0. The fourth-order valence-electron chi connectivity index (χ4n) is 9.24. The normalized spacial score (nSPS) is 13.1. The molecule has 0 radical (unpaired) electrons. The minimum absolute atomic E-state index is 0.113. The molecule has 0 saturated heterocycles. The van der Waals surface area contributed by atoms with E-state index in [1.54, 1.807) is 0 Å². The second-order valence-corrected chi connectivity index (χ2v) is 15.3. The lowest BCUT2D eigenvalue weighted by atomic mass is 9.81. The molecule has 55 heavy (non-hydrogen) atoms. The fraction of sp³-hybridized carbons (Fsp3) is 0.0566. The average Bonchev–Trinajstić information content (AvgIpc) is 3.49. The van der Waals surface area contributed by atoms with Crippen LogP contribution >= 0.6 is 0 Å². The van der Waals surface area contributed by atoms with Crippen LogP contribution in [-0.2, 0) is 5.41 Å². The molecule has 1 aromatic heterocycles. The molecule has 0 spiro atoms. The van der Waals surface area contributed by atoms with E-state index >= 15 is 0 Å². The summed E-state index contributed by atoms with van der Waals surface area (Å²) in [7, 11) is 0. The van der Waals surface area contributed by atoms with Crippen LogP contribution in [-0.4, -0.2) is 9.97 Å². The Hall–Kier alpha value is -6.90. The van der Waals surface area contributed by atoms with E-state index in [9.17, 15) is 0 Å². The minimum Gasteiger partial charge on any atom is -0.228 e. The first kappa shape index (κ1) is 31.6. The van der Waals surface area contributed by atoms with Crippen molar-refractivity contribution in [3.63, 3.8) is 0 Å². The summed E-state index contributed by atoms with van der Waals surface area (Å²) in [4.78, 5) is 10.6. The van der Waals surface area contributed by atoms with Crippen LogP contribution in [0.4, 0.5) is 0 Å². The maximum Gasteiger partial charge on any atom is 0.160 e. The van der Waals surface area contributed by atoms with Gasteiger partial charge in [-0.3, -0.25) is 0 Å². The van der Waals surface area contributed by atoms with Crippen molar-refractivity contribution in [2.75, 3.05) is 0 Å². The summed E-state index contributed by atoms with van der Waals surface area (Å²) in [5.41, 5.74) is 12.8. The molecule has 2 heteroatoms. The van der Waals surface area contributed by atoms with Gasteiger partial charge in [0.15, 0.2) is 5.82 Å². The number of hydrogen-bond acceptors (Lipinski definition) is 2. The quantitative estimate of drug-likeness (QED) is 0.171. The summed E-state index contributed by atoms with van der Waals surface area (Å²) in [5, 5.41) is 9.79. The smallest absolute Gasteiger partial charge is 0.160 e. The summed E-state index contributed by atoms with van der Waals surface area (Å²) in [6.07, 6.45) is 0. The van der Waals surface area contributed by atoms with Crippen LogP contribution in [0, 0.1) is 0 Å².